The minimum atomic E-state index is 0.490. The van der Waals surface area contributed by atoms with Gasteiger partial charge < -0.3 is 25.0 Å². The topological polar surface area (TPSA) is 58.1 Å². The van der Waals surface area contributed by atoms with E-state index in [-0.39, 0.29) is 0 Å². The van der Waals surface area contributed by atoms with Crippen molar-refractivity contribution in [3.8, 4) is 11.5 Å². The molecular formula is C23H32N4O2S. The fourth-order valence-electron chi connectivity index (χ4n) is 3.68. The molecule has 0 amide bonds. The summed E-state index contributed by atoms with van der Waals surface area (Å²) in [6.45, 7) is 3.01. The van der Waals surface area contributed by atoms with E-state index in [1.807, 2.05) is 18.2 Å². The van der Waals surface area contributed by atoms with Crippen LogP contribution in [0.3, 0.4) is 0 Å². The number of guanidine groups is 1. The predicted molar refractivity (Wildman–Crippen MR) is 124 cm³/mol. The summed E-state index contributed by atoms with van der Waals surface area (Å²) < 4.78 is 11.6. The summed E-state index contributed by atoms with van der Waals surface area (Å²) in [4.78, 5) is 8.62. The standard InChI is InChI=1S/C23H32N4O2S/c1-27(2)20(17-6-7-17)16-25-23(24-11-10-19-5-3-14-30-19)26-18-8-9-21-22(15-18)29-13-4-12-28-21/h3,5,8-9,14-15,17,20H,4,6-7,10-13,16H2,1-2H3,(H2,24,25,26). The van der Waals surface area contributed by atoms with Gasteiger partial charge in [0.25, 0.3) is 0 Å². The molecule has 1 unspecified atom stereocenters. The van der Waals surface area contributed by atoms with Crippen molar-refractivity contribution in [2.45, 2.75) is 31.7 Å². The van der Waals surface area contributed by atoms with Crippen LogP contribution in [0.4, 0.5) is 5.69 Å². The molecule has 2 heterocycles. The van der Waals surface area contributed by atoms with Gasteiger partial charge in [-0.3, -0.25) is 4.99 Å². The third kappa shape index (κ3) is 5.89. The number of benzene rings is 1. The molecule has 1 saturated carbocycles. The summed E-state index contributed by atoms with van der Waals surface area (Å²) in [6.07, 6.45) is 4.52. The Kier molecular flexibility index (Phi) is 7.12. The molecule has 1 aromatic carbocycles. The summed E-state index contributed by atoms with van der Waals surface area (Å²) in [5.74, 6) is 3.19. The van der Waals surface area contributed by atoms with Crippen LogP contribution in [0.2, 0.25) is 0 Å². The molecule has 2 aliphatic rings. The Morgan fingerprint density at radius 2 is 2.03 bits per heavy atom. The first-order valence-electron chi connectivity index (χ1n) is 10.8. The summed E-state index contributed by atoms with van der Waals surface area (Å²) >= 11 is 1.79. The molecule has 7 heteroatoms. The number of thiophene rings is 1. The first-order chi connectivity index (χ1) is 14.7. The van der Waals surface area contributed by atoms with Crippen molar-refractivity contribution >= 4 is 23.0 Å². The quantitative estimate of drug-likeness (QED) is 0.494. The third-order valence-corrected chi connectivity index (χ3v) is 6.46. The van der Waals surface area contributed by atoms with Crippen LogP contribution in [-0.4, -0.2) is 57.3 Å². The van der Waals surface area contributed by atoms with Gasteiger partial charge in [0.15, 0.2) is 17.5 Å². The van der Waals surface area contributed by atoms with Crippen LogP contribution in [0, 0.1) is 5.92 Å². The molecular weight excluding hydrogens is 396 g/mol. The average molecular weight is 429 g/mol. The molecule has 1 aliphatic heterocycles. The van der Waals surface area contributed by atoms with E-state index in [0.29, 0.717) is 19.3 Å². The maximum absolute atomic E-state index is 5.84. The number of nitrogens with zero attached hydrogens (tertiary/aromatic N) is 2. The van der Waals surface area contributed by atoms with Crippen LogP contribution in [-0.2, 0) is 6.42 Å². The van der Waals surface area contributed by atoms with Crippen molar-refractivity contribution in [1.82, 2.24) is 10.2 Å². The lowest BCUT2D eigenvalue weighted by molar-refractivity contribution is 0.271. The van der Waals surface area contributed by atoms with Crippen LogP contribution >= 0.6 is 11.3 Å². The zero-order chi connectivity index (χ0) is 20.8. The fraction of sp³-hybridized carbons (Fsp3) is 0.522. The van der Waals surface area contributed by atoms with Crippen LogP contribution in [0.15, 0.2) is 40.7 Å². The number of nitrogens with one attached hydrogen (secondary N) is 2. The molecule has 162 valence electrons. The zero-order valence-corrected chi connectivity index (χ0v) is 18.7. The van der Waals surface area contributed by atoms with Crippen LogP contribution in [0.5, 0.6) is 11.5 Å². The minimum absolute atomic E-state index is 0.490. The SMILES string of the molecule is CN(C)C(CN=C(NCCc1cccs1)Nc1ccc2c(c1)OCCCO2)C1CC1. The zero-order valence-electron chi connectivity index (χ0n) is 17.9. The van der Waals surface area contributed by atoms with Crippen molar-refractivity contribution in [2.24, 2.45) is 10.9 Å². The number of anilines is 1. The van der Waals surface area contributed by atoms with Crippen molar-refractivity contribution in [1.29, 1.82) is 0 Å². The van der Waals surface area contributed by atoms with E-state index in [2.05, 4.69) is 47.1 Å². The van der Waals surface area contributed by atoms with Gasteiger partial charge in [-0.1, -0.05) is 6.07 Å². The molecule has 0 radical (unpaired) electrons. The highest BCUT2D eigenvalue weighted by molar-refractivity contribution is 7.09. The maximum Gasteiger partial charge on any atom is 0.195 e. The monoisotopic (exact) mass is 428 g/mol. The van der Waals surface area contributed by atoms with Crippen LogP contribution in [0.25, 0.3) is 0 Å². The van der Waals surface area contributed by atoms with Gasteiger partial charge in [0.2, 0.25) is 0 Å². The highest BCUT2D eigenvalue weighted by Gasteiger charge is 2.32. The van der Waals surface area contributed by atoms with E-state index in [1.165, 1.54) is 17.7 Å². The number of likely N-dealkylation sites (N-methyl/N-ethyl adjacent to an activating group) is 1. The Balaban J connectivity index is 1.44. The van der Waals surface area contributed by atoms with E-state index in [0.717, 1.165) is 55.0 Å². The summed E-state index contributed by atoms with van der Waals surface area (Å²) in [6, 6.07) is 10.8. The van der Waals surface area contributed by atoms with Gasteiger partial charge in [0.1, 0.15) is 0 Å². The molecule has 4 rings (SSSR count). The third-order valence-electron chi connectivity index (χ3n) is 5.52. The Morgan fingerprint density at radius 3 is 2.77 bits per heavy atom. The Hall–Kier alpha value is -2.25. The van der Waals surface area contributed by atoms with E-state index in [4.69, 9.17) is 14.5 Å². The molecule has 1 aromatic heterocycles. The van der Waals surface area contributed by atoms with Gasteiger partial charge in [-0.05, 0) is 62.9 Å². The summed E-state index contributed by atoms with van der Waals surface area (Å²) in [5.41, 5.74) is 0.953. The molecule has 1 aliphatic carbocycles. The normalized spacial score (nSPS) is 17.5. The molecule has 0 bridgehead atoms. The minimum Gasteiger partial charge on any atom is -0.490 e. The first-order valence-corrected chi connectivity index (χ1v) is 11.7. The van der Waals surface area contributed by atoms with E-state index >= 15 is 0 Å². The molecule has 30 heavy (non-hydrogen) atoms. The Morgan fingerprint density at radius 1 is 1.20 bits per heavy atom. The molecule has 6 nitrogen and oxygen atoms in total. The Bertz CT molecular complexity index is 832. The predicted octanol–water partition coefficient (Wildman–Crippen LogP) is 3.85. The second-order valence-corrected chi connectivity index (χ2v) is 9.18. The average Bonchev–Trinajstić information content (AvgIpc) is 3.48. The number of rotatable bonds is 8. The van der Waals surface area contributed by atoms with E-state index < -0.39 is 0 Å². The van der Waals surface area contributed by atoms with Gasteiger partial charge in [-0.25, -0.2) is 0 Å². The second kappa shape index (κ2) is 10.2. The highest BCUT2D eigenvalue weighted by atomic mass is 32.1. The van der Waals surface area contributed by atoms with Crippen molar-refractivity contribution in [2.75, 3.05) is 45.7 Å². The maximum atomic E-state index is 5.84. The number of aliphatic imine (C=N–C) groups is 1. The molecule has 1 fully saturated rings. The molecule has 0 spiro atoms. The largest absolute Gasteiger partial charge is 0.490 e. The molecule has 1 atom stereocenters. The Labute approximate surface area is 183 Å². The van der Waals surface area contributed by atoms with Crippen molar-refractivity contribution < 1.29 is 9.47 Å². The lowest BCUT2D eigenvalue weighted by Crippen LogP contribution is -2.36. The van der Waals surface area contributed by atoms with Gasteiger partial charge >= 0.3 is 0 Å². The second-order valence-electron chi connectivity index (χ2n) is 8.15. The first kappa shape index (κ1) is 21.0. The number of hydrogen-bond acceptors (Lipinski definition) is 5. The molecule has 2 aromatic rings. The van der Waals surface area contributed by atoms with Crippen molar-refractivity contribution in [3.05, 3.63) is 40.6 Å². The lowest BCUT2D eigenvalue weighted by Gasteiger charge is -2.23. The summed E-state index contributed by atoms with van der Waals surface area (Å²) in [5, 5.41) is 9.10. The fourth-order valence-corrected chi connectivity index (χ4v) is 4.39. The smallest absolute Gasteiger partial charge is 0.195 e. The lowest BCUT2D eigenvalue weighted by atomic mass is 10.2. The van der Waals surface area contributed by atoms with Gasteiger partial charge in [0.05, 0.1) is 19.8 Å². The molecule has 0 saturated heterocycles. The van der Waals surface area contributed by atoms with Crippen molar-refractivity contribution in [3.63, 3.8) is 0 Å². The van der Waals surface area contributed by atoms with Gasteiger partial charge in [0, 0.05) is 35.6 Å². The van der Waals surface area contributed by atoms with Gasteiger partial charge in [-0.15, -0.1) is 11.3 Å². The number of ether oxygens (including phenoxy) is 2. The van der Waals surface area contributed by atoms with Gasteiger partial charge in [-0.2, -0.15) is 0 Å². The van der Waals surface area contributed by atoms with Crippen LogP contribution < -0.4 is 20.1 Å². The van der Waals surface area contributed by atoms with E-state index in [1.54, 1.807) is 11.3 Å². The van der Waals surface area contributed by atoms with Crippen LogP contribution in [0.1, 0.15) is 24.1 Å². The number of hydrogen-bond donors (Lipinski definition) is 2. The molecule has 2 N–H and O–H groups in total. The number of fused-ring (bicyclic) bond motifs is 1. The van der Waals surface area contributed by atoms with E-state index in [9.17, 15) is 0 Å². The highest BCUT2D eigenvalue weighted by Crippen LogP contribution is 2.35. The summed E-state index contributed by atoms with van der Waals surface area (Å²) in [7, 11) is 4.30.